The van der Waals surface area contributed by atoms with E-state index in [0.29, 0.717) is 44.8 Å². The summed E-state index contributed by atoms with van der Waals surface area (Å²) in [6.45, 7) is 0. The highest BCUT2D eigenvalue weighted by atomic mass is 15.0. The van der Waals surface area contributed by atoms with E-state index in [-0.39, 0.29) is 0 Å². The Kier molecular flexibility index (Phi) is 10.7. The first kappa shape index (κ1) is 44.0. The van der Waals surface area contributed by atoms with Crippen LogP contribution in [0.15, 0.2) is 206 Å². The Hall–Kier alpha value is -11.3. The summed E-state index contributed by atoms with van der Waals surface area (Å²) < 4.78 is 4.29. The van der Waals surface area contributed by atoms with Crippen LogP contribution in [0.25, 0.3) is 111 Å². The Morgan fingerprint density at radius 3 is 0.878 bits per heavy atom. The molecule has 2 aromatic heterocycles. The smallest absolute Gasteiger partial charge is 0.104 e. The van der Waals surface area contributed by atoms with Gasteiger partial charge in [0.25, 0.3) is 0 Å². The molecule has 8 heteroatoms. The third kappa shape index (κ3) is 7.35. The van der Waals surface area contributed by atoms with Crippen LogP contribution in [0.4, 0.5) is 0 Å². The topological polar surface area (TPSA) is 153 Å². The lowest BCUT2D eigenvalue weighted by Gasteiger charge is -2.20. The van der Waals surface area contributed by atoms with E-state index < -0.39 is 0 Å². The molecule has 74 heavy (non-hydrogen) atoms. The molecule has 0 spiro atoms. The second kappa shape index (κ2) is 17.9. The minimum atomic E-state index is 0.385. The van der Waals surface area contributed by atoms with E-state index >= 15 is 0 Å². The van der Waals surface area contributed by atoms with E-state index in [0.717, 1.165) is 99.2 Å². The third-order valence-electron chi connectivity index (χ3n) is 13.9. The van der Waals surface area contributed by atoms with E-state index in [9.17, 15) is 31.6 Å². The van der Waals surface area contributed by atoms with E-state index in [1.54, 1.807) is 30.3 Å². The summed E-state index contributed by atoms with van der Waals surface area (Å²) in [5.74, 6) is 0. The van der Waals surface area contributed by atoms with Gasteiger partial charge in [0.15, 0.2) is 0 Å². The molecule has 0 radical (unpaired) electrons. The molecule has 0 aliphatic heterocycles. The van der Waals surface area contributed by atoms with Crippen molar-refractivity contribution in [3.05, 3.63) is 240 Å². The molecule has 0 aliphatic rings. The fourth-order valence-corrected chi connectivity index (χ4v) is 10.4. The van der Waals surface area contributed by atoms with Crippen molar-refractivity contribution in [1.82, 2.24) is 9.13 Å². The second-order valence-corrected chi connectivity index (χ2v) is 18.0. The van der Waals surface area contributed by atoms with Crippen LogP contribution in [-0.2, 0) is 0 Å². The molecule has 8 nitrogen and oxygen atoms in total. The summed E-state index contributed by atoms with van der Waals surface area (Å²) in [7, 11) is 0. The number of nitrogens with zero attached hydrogens (tertiary/aromatic N) is 8. The zero-order valence-electron chi connectivity index (χ0n) is 39.2. The van der Waals surface area contributed by atoms with Gasteiger partial charge in [-0.05, 0) is 165 Å². The Morgan fingerprint density at radius 1 is 0.257 bits per heavy atom. The second-order valence-electron chi connectivity index (χ2n) is 18.0. The molecule has 0 aliphatic carbocycles. The molecular formula is C66H34N8. The van der Waals surface area contributed by atoms with Gasteiger partial charge in [0.05, 0.1) is 91.6 Å². The highest BCUT2D eigenvalue weighted by Crippen LogP contribution is 2.45. The highest BCUT2D eigenvalue weighted by Gasteiger charge is 2.26. The predicted molar refractivity (Wildman–Crippen MR) is 291 cm³/mol. The summed E-state index contributed by atoms with van der Waals surface area (Å²) in [4.78, 5) is 0. The van der Waals surface area contributed by atoms with Crippen molar-refractivity contribution in [2.75, 3.05) is 0 Å². The molecule has 0 saturated heterocycles. The number of hydrogen-bond acceptors (Lipinski definition) is 6. The minimum absolute atomic E-state index is 0.385. The summed E-state index contributed by atoms with van der Waals surface area (Å²) in [6.07, 6.45) is 0. The lowest BCUT2D eigenvalue weighted by molar-refractivity contribution is 1.12. The summed E-state index contributed by atoms with van der Waals surface area (Å²) >= 11 is 0. The first-order valence-electron chi connectivity index (χ1n) is 23.7. The van der Waals surface area contributed by atoms with Crippen LogP contribution in [0.3, 0.4) is 0 Å². The fourth-order valence-electron chi connectivity index (χ4n) is 10.4. The van der Waals surface area contributed by atoms with Crippen molar-refractivity contribution in [2.45, 2.75) is 0 Å². The van der Waals surface area contributed by atoms with Crippen molar-refractivity contribution in [3.8, 4) is 103 Å². The lowest BCUT2D eigenvalue weighted by atomic mass is 9.96. The molecule has 338 valence electrons. The summed E-state index contributed by atoms with van der Waals surface area (Å²) in [5.41, 5.74) is 16.3. The molecular weight excluding hydrogens is 905 g/mol. The highest BCUT2D eigenvalue weighted by molar-refractivity contribution is 6.14. The number of hydrogen-bond donors (Lipinski definition) is 0. The monoisotopic (exact) mass is 938 g/mol. The number of fused-ring (bicyclic) bond motifs is 6. The van der Waals surface area contributed by atoms with E-state index in [2.05, 4.69) is 94.1 Å². The molecule has 10 aromatic carbocycles. The largest absolute Gasteiger partial charge is 0.308 e. The quantitative estimate of drug-likeness (QED) is 0.155. The third-order valence-corrected chi connectivity index (χ3v) is 13.9. The number of nitriles is 6. The van der Waals surface area contributed by atoms with Crippen LogP contribution in [0.1, 0.15) is 33.4 Å². The lowest BCUT2D eigenvalue weighted by Crippen LogP contribution is -2.06. The fraction of sp³-hybridized carbons (Fsp3) is 0. The standard InChI is InChI=1S/C66H34N8/c67-35-41-6-1-11-46(26-41)50-16-21-61-56(31-50)57-32-51(47-12-2-7-42(27-47)36-68)17-22-62(57)73(61)65-25-20-55(54-15-5-10-45(30-54)39-71)66(60(65)40-72)74-63-23-18-52(48-13-3-8-43(28-48)37-69)33-58(63)59-34-53(19-24-64(59)74)49-14-4-9-44(29-49)38-70/h1-34H. The van der Waals surface area contributed by atoms with Crippen molar-refractivity contribution in [3.63, 3.8) is 0 Å². The Balaban J connectivity index is 1.18. The van der Waals surface area contributed by atoms with Gasteiger partial charge in [-0.2, -0.15) is 31.6 Å². The van der Waals surface area contributed by atoms with Gasteiger partial charge in [0, 0.05) is 27.1 Å². The Bertz CT molecular complexity index is 4410. The van der Waals surface area contributed by atoms with Crippen LogP contribution in [0, 0.1) is 68.0 Å². The normalized spacial score (nSPS) is 10.9. The molecule has 12 rings (SSSR count). The van der Waals surface area contributed by atoms with Gasteiger partial charge >= 0.3 is 0 Å². The SMILES string of the molecule is N#Cc1cccc(-c2ccc3c(c2)c2cc(-c4cccc(C#N)c4)ccc2n3-c2ccc(-c3cccc(C#N)c3)c(-n3c4ccc(-c5cccc(C#N)c5)cc4c4cc(-c5cccc(C#N)c5)ccc43)c2C#N)c1. The van der Waals surface area contributed by atoms with E-state index in [1.165, 1.54) is 0 Å². The van der Waals surface area contributed by atoms with Crippen LogP contribution >= 0.6 is 0 Å². The van der Waals surface area contributed by atoms with Crippen molar-refractivity contribution in [2.24, 2.45) is 0 Å². The van der Waals surface area contributed by atoms with Gasteiger partial charge < -0.3 is 9.13 Å². The van der Waals surface area contributed by atoms with Crippen LogP contribution in [0.5, 0.6) is 0 Å². The molecule has 0 amide bonds. The van der Waals surface area contributed by atoms with Crippen molar-refractivity contribution in [1.29, 1.82) is 31.6 Å². The molecule has 0 N–H and O–H groups in total. The molecule has 0 atom stereocenters. The molecule has 2 heterocycles. The van der Waals surface area contributed by atoms with Gasteiger partial charge in [-0.3, -0.25) is 0 Å². The predicted octanol–water partition coefficient (Wildman–Crippen LogP) is 15.4. The summed E-state index contributed by atoms with van der Waals surface area (Å²) in [5, 5.41) is 65.1. The zero-order valence-corrected chi connectivity index (χ0v) is 39.2. The molecule has 12 aromatic rings. The van der Waals surface area contributed by atoms with Crippen molar-refractivity contribution < 1.29 is 0 Å². The van der Waals surface area contributed by atoms with Crippen LogP contribution in [0.2, 0.25) is 0 Å². The Morgan fingerprint density at radius 2 is 0.554 bits per heavy atom. The van der Waals surface area contributed by atoms with Crippen LogP contribution < -0.4 is 0 Å². The number of rotatable bonds is 7. The van der Waals surface area contributed by atoms with Gasteiger partial charge in [-0.1, -0.05) is 91.0 Å². The first-order valence-corrected chi connectivity index (χ1v) is 23.7. The number of benzene rings is 10. The van der Waals surface area contributed by atoms with Crippen LogP contribution in [-0.4, -0.2) is 9.13 Å². The molecule has 0 fully saturated rings. The summed E-state index contributed by atoms with van der Waals surface area (Å²) in [6, 6.07) is 80.6. The molecule has 0 bridgehead atoms. The molecule has 0 unspecified atom stereocenters. The molecule has 0 saturated carbocycles. The first-order chi connectivity index (χ1) is 36.4. The maximum absolute atomic E-state index is 11.9. The van der Waals surface area contributed by atoms with Gasteiger partial charge in [-0.25, -0.2) is 0 Å². The van der Waals surface area contributed by atoms with Gasteiger partial charge in [-0.15, -0.1) is 0 Å². The van der Waals surface area contributed by atoms with Gasteiger partial charge in [0.2, 0.25) is 0 Å². The maximum atomic E-state index is 11.9. The maximum Gasteiger partial charge on any atom is 0.104 e. The van der Waals surface area contributed by atoms with Crippen molar-refractivity contribution >= 4 is 43.6 Å². The number of aromatic nitrogens is 2. The van der Waals surface area contributed by atoms with E-state index in [4.69, 9.17) is 0 Å². The van der Waals surface area contributed by atoms with Gasteiger partial charge in [0.1, 0.15) is 11.6 Å². The van der Waals surface area contributed by atoms with E-state index in [1.807, 2.05) is 127 Å². The zero-order chi connectivity index (χ0) is 50.5. The minimum Gasteiger partial charge on any atom is -0.308 e. The Labute approximate surface area is 425 Å². The average Bonchev–Trinajstić information content (AvgIpc) is 3.98. The average molecular weight is 939 g/mol.